The van der Waals surface area contributed by atoms with Gasteiger partial charge >= 0.3 is 0 Å². The molecule has 5 nitrogen and oxygen atoms in total. The molecule has 0 atom stereocenters. The summed E-state index contributed by atoms with van der Waals surface area (Å²) in [5, 5.41) is 5.79. The highest BCUT2D eigenvalue weighted by atomic mass is 19.1. The SMILES string of the molecule is CCc1cc(CC)c2ccc(-c3cc(C)cc(C)c3)nc2c1.Cc1cc(C)cc(-c2ccc3ccc(C)cc3n2)c1.Cc1cccc(-c2ccc3c(C)cc(C)cc3n2)c1.Cc1cccc(-c2ccc3cc(F)c(C(C)C)cc3n2)c1.Cc1cccc2nc(-c3ccccc3)ccc12. The van der Waals surface area contributed by atoms with Crippen molar-refractivity contribution in [2.75, 3.05) is 0 Å². The maximum Gasteiger partial charge on any atom is 0.127 e. The fourth-order valence-corrected chi connectivity index (χ4v) is 12.9. The molecule has 0 unspecified atom stereocenters. The summed E-state index contributed by atoms with van der Waals surface area (Å²) in [5.41, 5.74) is 32.3. The number of fused-ring (bicyclic) bond motifs is 5. The Kier molecular flexibility index (Phi) is 21.6. The number of aryl methyl sites for hydroxylation is 12. The van der Waals surface area contributed by atoms with Crippen LogP contribution in [0.25, 0.3) is 111 Å². The Morgan fingerprint density at radius 2 is 0.714 bits per heavy atom. The van der Waals surface area contributed by atoms with Crippen molar-refractivity contribution in [1.29, 1.82) is 0 Å². The molecular formula is C92H88FN5. The second-order valence-electron chi connectivity index (χ2n) is 26.6. The third kappa shape index (κ3) is 16.9. The van der Waals surface area contributed by atoms with Gasteiger partial charge in [-0.1, -0.05) is 207 Å². The quantitative estimate of drug-likeness (QED) is 0.152. The molecule has 6 heteroatoms. The first-order chi connectivity index (χ1) is 47.2. The predicted octanol–water partition coefficient (Wildman–Crippen LogP) is 25.0. The summed E-state index contributed by atoms with van der Waals surface area (Å²) in [7, 11) is 0. The maximum atomic E-state index is 14.0. The lowest BCUT2D eigenvalue weighted by Gasteiger charge is -2.10. The van der Waals surface area contributed by atoms with Gasteiger partial charge in [0, 0.05) is 54.7 Å². The van der Waals surface area contributed by atoms with Crippen molar-refractivity contribution in [2.45, 2.75) is 116 Å². The van der Waals surface area contributed by atoms with Crippen LogP contribution in [0.5, 0.6) is 0 Å². The third-order valence-corrected chi connectivity index (χ3v) is 17.9. The van der Waals surface area contributed by atoms with E-state index < -0.39 is 0 Å². The van der Waals surface area contributed by atoms with Gasteiger partial charge in [-0.3, -0.25) is 0 Å². The average molecular weight is 1280 g/mol. The Morgan fingerprint density at radius 1 is 0.286 bits per heavy atom. The molecule has 0 fully saturated rings. The summed E-state index contributed by atoms with van der Waals surface area (Å²) in [6.07, 6.45) is 2.10. The minimum Gasteiger partial charge on any atom is -0.248 e. The van der Waals surface area contributed by atoms with Gasteiger partial charge in [-0.2, -0.15) is 0 Å². The van der Waals surface area contributed by atoms with Crippen molar-refractivity contribution >= 4 is 54.5 Å². The van der Waals surface area contributed by atoms with Crippen molar-refractivity contribution in [1.82, 2.24) is 24.9 Å². The van der Waals surface area contributed by atoms with E-state index in [9.17, 15) is 4.39 Å². The minimum absolute atomic E-state index is 0.150. The molecule has 0 spiro atoms. The number of nitrogens with zero attached hydrogens (tertiary/aromatic N) is 5. The molecule has 5 aromatic heterocycles. The second-order valence-corrected chi connectivity index (χ2v) is 26.6. The lowest BCUT2D eigenvalue weighted by molar-refractivity contribution is 0.600. The monoisotopic (exact) mass is 1280 g/mol. The van der Waals surface area contributed by atoms with Crippen molar-refractivity contribution in [2.24, 2.45) is 0 Å². The van der Waals surface area contributed by atoms with Crippen LogP contribution in [0.1, 0.15) is 106 Å². The molecule has 0 aliphatic heterocycles. The van der Waals surface area contributed by atoms with Crippen molar-refractivity contribution in [3.05, 3.63) is 327 Å². The molecule has 0 amide bonds. The van der Waals surface area contributed by atoms with Crippen LogP contribution in [-0.2, 0) is 12.8 Å². The van der Waals surface area contributed by atoms with Crippen molar-refractivity contribution in [3.8, 4) is 56.3 Å². The van der Waals surface area contributed by atoms with Crippen LogP contribution >= 0.6 is 0 Å². The molecule has 0 aliphatic rings. The molecule has 0 bridgehead atoms. The summed E-state index contributed by atoms with van der Waals surface area (Å²) in [6, 6.07) is 86.3. The second kappa shape index (κ2) is 30.9. The summed E-state index contributed by atoms with van der Waals surface area (Å²) in [5.74, 6) is 0.00133. The van der Waals surface area contributed by atoms with E-state index in [1.165, 1.54) is 105 Å². The topological polar surface area (TPSA) is 64.5 Å². The molecule has 0 radical (unpaired) electrons. The van der Waals surface area contributed by atoms with Crippen LogP contribution in [0.15, 0.2) is 249 Å². The standard InChI is InChI=1S/C21H23N.C19H18FN.2C18H17N.C16H13N/c1-5-16-12-17(6-2)19-7-8-20(22-21(19)13-16)18-10-14(3)9-15(4)11-18;1-12(2)16-11-19-15(10-17(16)20)7-8-18(21-19)14-6-4-5-13(3)9-14;1-12-4-5-15-6-7-17(19-18(15)11-12)16-9-13(2)8-14(3)10-16;1-12-5-4-6-15(10-12)17-8-7-16-14(3)9-13(2)11-18(16)19-17;1-12-6-5-9-16-14(12)10-11-15(17-16)13-7-3-2-4-8-13/h7-13H,5-6H2,1-4H3;4-12H,1-3H3;2*4-11H,1-3H3;2-11H,1H3. The van der Waals surface area contributed by atoms with Crippen LogP contribution in [-0.4, -0.2) is 24.9 Å². The van der Waals surface area contributed by atoms with Gasteiger partial charge in [0.1, 0.15) is 5.82 Å². The van der Waals surface area contributed by atoms with E-state index in [-0.39, 0.29) is 11.7 Å². The number of aromatic nitrogens is 5. The number of halogens is 1. The number of hydrogen-bond donors (Lipinski definition) is 0. The molecule has 488 valence electrons. The highest BCUT2D eigenvalue weighted by molar-refractivity contribution is 5.88. The molecule has 0 saturated heterocycles. The Labute approximate surface area is 579 Å². The van der Waals surface area contributed by atoms with Gasteiger partial charge in [-0.15, -0.1) is 0 Å². The summed E-state index contributed by atoms with van der Waals surface area (Å²) >= 11 is 0. The largest absolute Gasteiger partial charge is 0.248 e. The number of hydrogen-bond acceptors (Lipinski definition) is 5. The van der Waals surface area contributed by atoms with Gasteiger partial charge in [0.05, 0.1) is 56.1 Å². The van der Waals surface area contributed by atoms with Crippen LogP contribution in [0, 0.1) is 75.1 Å². The van der Waals surface area contributed by atoms with Gasteiger partial charge in [0.15, 0.2) is 0 Å². The molecule has 0 N–H and O–H groups in total. The first-order valence-corrected chi connectivity index (χ1v) is 34.3. The van der Waals surface area contributed by atoms with Crippen LogP contribution in [0.3, 0.4) is 0 Å². The predicted molar refractivity (Wildman–Crippen MR) is 416 cm³/mol. The van der Waals surface area contributed by atoms with Crippen LogP contribution < -0.4 is 0 Å². The highest BCUT2D eigenvalue weighted by Crippen LogP contribution is 2.31. The third-order valence-electron chi connectivity index (χ3n) is 17.9. The minimum atomic E-state index is -0.150. The average Bonchev–Trinajstić information content (AvgIpc) is 0.820. The molecule has 10 aromatic carbocycles. The van der Waals surface area contributed by atoms with Gasteiger partial charge in [0.2, 0.25) is 0 Å². The maximum absolute atomic E-state index is 14.0. The summed E-state index contributed by atoms with van der Waals surface area (Å²) in [6.45, 7) is 29.6. The van der Waals surface area contributed by atoms with E-state index in [0.29, 0.717) is 0 Å². The molecule has 15 aromatic rings. The Hall–Kier alpha value is -10.8. The first kappa shape index (κ1) is 68.6. The Bertz CT molecular complexity index is 5320. The molecule has 15 rings (SSSR count). The van der Waals surface area contributed by atoms with Crippen LogP contribution in [0.2, 0.25) is 0 Å². The van der Waals surface area contributed by atoms with Crippen molar-refractivity contribution in [3.63, 3.8) is 0 Å². The van der Waals surface area contributed by atoms with E-state index in [1.807, 2.05) is 62.4 Å². The van der Waals surface area contributed by atoms with E-state index in [4.69, 9.17) is 24.9 Å². The zero-order valence-electron chi connectivity index (χ0n) is 59.3. The zero-order valence-corrected chi connectivity index (χ0v) is 59.3. The zero-order chi connectivity index (χ0) is 69.1. The van der Waals surface area contributed by atoms with Crippen molar-refractivity contribution < 1.29 is 4.39 Å². The first-order valence-electron chi connectivity index (χ1n) is 34.3. The van der Waals surface area contributed by atoms with Gasteiger partial charge in [0.25, 0.3) is 0 Å². The van der Waals surface area contributed by atoms with E-state index >= 15 is 0 Å². The number of pyridine rings is 5. The Morgan fingerprint density at radius 3 is 1.28 bits per heavy atom. The number of rotatable bonds is 8. The summed E-state index contributed by atoms with van der Waals surface area (Å²) < 4.78 is 14.0. The van der Waals surface area contributed by atoms with E-state index in [2.05, 4.69) is 277 Å². The molecule has 5 heterocycles. The molecule has 98 heavy (non-hydrogen) atoms. The lowest BCUT2D eigenvalue weighted by atomic mass is 9.99. The van der Waals surface area contributed by atoms with Gasteiger partial charge in [-0.05, 0) is 230 Å². The van der Waals surface area contributed by atoms with E-state index in [1.54, 1.807) is 6.07 Å². The fraction of sp³-hybridized carbons (Fsp3) is 0.185. The van der Waals surface area contributed by atoms with Crippen LogP contribution in [0.4, 0.5) is 4.39 Å². The normalized spacial score (nSPS) is 11.0. The molecule has 0 saturated carbocycles. The highest BCUT2D eigenvalue weighted by Gasteiger charge is 2.13. The Balaban J connectivity index is 0.000000124. The lowest BCUT2D eigenvalue weighted by Crippen LogP contribution is -1.95. The smallest absolute Gasteiger partial charge is 0.127 e. The molecular weight excluding hydrogens is 1190 g/mol. The fourth-order valence-electron chi connectivity index (χ4n) is 12.9. The van der Waals surface area contributed by atoms with Gasteiger partial charge < -0.3 is 0 Å². The van der Waals surface area contributed by atoms with Gasteiger partial charge in [-0.25, -0.2) is 29.3 Å². The summed E-state index contributed by atoms with van der Waals surface area (Å²) in [4.78, 5) is 24.0. The molecule has 0 aliphatic carbocycles. The number of benzene rings is 10. The van der Waals surface area contributed by atoms with E-state index in [0.717, 1.165) is 91.0 Å².